The lowest BCUT2D eigenvalue weighted by atomic mass is 9.91. The molecule has 2 aliphatic rings. The van der Waals surface area contributed by atoms with E-state index in [1.807, 2.05) is 7.05 Å². The summed E-state index contributed by atoms with van der Waals surface area (Å²) in [6, 6.07) is 5.18. The average molecular weight is 443 g/mol. The van der Waals surface area contributed by atoms with E-state index in [2.05, 4.69) is 32.0 Å². The van der Waals surface area contributed by atoms with Crippen LogP contribution in [-0.2, 0) is 11.3 Å². The number of hydrogen-bond acceptors (Lipinski definition) is 7. The average Bonchev–Trinajstić information content (AvgIpc) is 2.78. The van der Waals surface area contributed by atoms with Gasteiger partial charge in [0.2, 0.25) is 5.91 Å². The number of nitrogens with zero attached hydrogens (tertiary/aromatic N) is 5. The van der Waals surface area contributed by atoms with Crippen LogP contribution in [0.25, 0.3) is 10.9 Å². The Balaban J connectivity index is 1.38. The summed E-state index contributed by atoms with van der Waals surface area (Å²) in [6.45, 7) is 6.65. The Bertz CT molecular complexity index is 1010. The largest absolute Gasteiger partial charge is 0.388 e. The van der Waals surface area contributed by atoms with E-state index in [1.165, 1.54) is 10.9 Å². The molecular formula is C23H34N6O3. The lowest BCUT2D eigenvalue weighted by Crippen LogP contribution is -2.47. The maximum Gasteiger partial charge on any atom is 0.261 e. The van der Waals surface area contributed by atoms with Crippen LogP contribution in [0.1, 0.15) is 19.3 Å². The van der Waals surface area contributed by atoms with Gasteiger partial charge in [0, 0.05) is 57.9 Å². The predicted molar refractivity (Wildman–Crippen MR) is 125 cm³/mol. The Morgan fingerprint density at radius 1 is 1.09 bits per heavy atom. The van der Waals surface area contributed by atoms with E-state index in [0.29, 0.717) is 35.9 Å². The first-order valence-corrected chi connectivity index (χ1v) is 11.4. The van der Waals surface area contributed by atoms with E-state index in [0.717, 1.165) is 45.8 Å². The maximum absolute atomic E-state index is 12.9. The molecule has 3 heterocycles. The molecule has 2 aromatic rings. The normalized spacial score (nSPS) is 20.5. The Kier molecular flexibility index (Phi) is 6.90. The first-order valence-electron chi connectivity index (χ1n) is 11.4. The highest BCUT2D eigenvalue weighted by Gasteiger charge is 2.32. The zero-order valence-corrected chi connectivity index (χ0v) is 19.1. The van der Waals surface area contributed by atoms with Gasteiger partial charge in [-0.2, -0.15) is 0 Å². The van der Waals surface area contributed by atoms with E-state index in [1.54, 1.807) is 18.2 Å². The molecule has 32 heavy (non-hydrogen) atoms. The van der Waals surface area contributed by atoms with Crippen molar-refractivity contribution in [1.29, 1.82) is 0 Å². The van der Waals surface area contributed by atoms with E-state index in [-0.39, 0.29) is 18.0 Å². The fraction of sp³-hybridized carbons (Fsp3) is 0.609. The fourth-order valence-corrected chi connectivity index (χ4v) is 4.41. The number of likely N-dealkylation sites (N-methyl/N-ethyl adjacent to an activating group) is 1. The summed E-state index contributed by atoms with van der Waals surface area (Å²) in [5.41, 5.74) is 0.122. The molecule has 2 fully saturated rings. The SMILES string of the molecule is CN1CCN(CCC(=O)Nc2ccc3c(=O)n(CC4(O)CCN(C)CC4)cnc3c2)CC1. The minimum Gasteiger partial charge on any atom is -0.388 e. The molecule has 9 heteroatoms. The monoisotopic (exact) mass is 442 g/mol. The van der Waals surface area contributed by atoms with Crippen LogP contribution in [0, 0.1) is 0 Å². The number of aromatic nitrogens is 2. The van der Waals surface area contributed by atoms with Gasteiger partial charge >= 0.3 is 0 Å². The van der Waals surface area contributed by atoms with Crippen LogP contribution >= 0.6 is 0 Å². The van der Waals surface area contributed by atoms with Crippen molar-refractivity contribution in [2.24, 2.45) is 0 Å². The Hall–Kier alpha value is -2.33. The summed E-state index contributed by atoms with van der Waals surface area (Å²) < 4.78 is 1.50. The van der Waals surface area contributed by atoms with Gasteiger partial charge in [-0.3, -0.25) is 14.2 Å². The van der Waals surface area contributed by atoms with Gasteiger partial charge in [-0.1, -0.05) is 0 Å². The van der Waals surface area contributed by atoms with Crippen molar-refractivity contribution in [1.82, 2.24) is 24.3 Å². The number of carbonyl (C=O) groups excluding carboxylic acids is 1. The van der Waals surface area contributed by atoms with Gasteiger partial charge in [0.1, 0.15) is 0 Å². The number of rotatable bonds is 6. The highest BCUT2D eigenvalue weighted by Crippen LogP contribution is 2.23. The zero-order valence-electron chi connectivity index (χ0n) is 19.1. The van der Waals surface area contributed by atoms with Crippen molar-refractivity contribution < 1.29 is 9.90 Å². The fourth-order valence-electron chi connectivity index (χ4n) is 4.41. The third kappa shape index (κ3) is 5.53. The van der Waals surface area contributed by atoms with Crippen molar-refractivity contribution in [3.8, 4) is 0 Å². The lowest BCUT2D eigenvalue weighted by Gasteiger charge is -2.36. The third-order valence-electron chi connectivity index (χ3n) is 6.74. The van der Waals surface area contributed by atoms with Gasteiger partial charge in [-0.05, 0) is 45.1 Å². The van der Waals surface area contributed by atoms with Crippen LogP contribution in [0.2, 0.25) is 0 Å². The van der Waals surface area contributed by atoms with Crippen LogP contribution in [0.3, 0.4) is 0 Å². The van der Waals surface area contributed by atoms with Crippen LogP contribution in [-0.4, -0.2) is 101 Å². The van der Waals surface area contributed by atoms with Crippen molar-refractivity contribution in [2.45, 2.75) is 31.4 Å². The molecule has 4 rings (SSSR count). The quantitative estimate of drug-likeness (QED) is 0.670. The summed E-state index contributed by atoms with van der Waals surface area (Å²) in [7, 11) is 4.15. The van der Waals surface area contributed by atoms with Gasteiger partial charge in [0.05, 0.1) is 29.4 Å². The molecule has 0 unspecified atom stereocenters. The summed E-state index contributed by atoms with van der Waals surface area (Å²) >= 11 is 0. The van der Waals surface area contributed by atoms with Gasteiger partial charge in [0.25, 0.3) is 5.56 Å². The van der Waals surface area contributed by atoms with E-state index in [4.69, 9.17) is 0 Å². The molecule has 0 radical (unpaired) electrons. The number of nitrogens with one attached hydrogen (secondary N) is 1. The summed E-state index contributed by atoms with van der Waals surface area (Å²) in [6.07, 6.45) is 3.20. The highest BCUT2D eigenvalue weighted by molar-refractivity contribution is 5.93. The minimum absolute atomic E-state index is 0.0406. The third-order valence-corrected chi connectivity index (χ3v) is 6.74. The molecule has 2 saturated heterocycles. The Labute approximate surface area is 188 Å². The molecule has 1 aromatic carbocycles. The van der Waals surface area contributed by atoms with Crippen LogP contribution < -0.4 is 10.9 Å². The van der Waals surface area contributed by atoms with E-state index >= 15 is 0 Å². The number of amides is 1. The maximum atomic E-state index is 12.9. The molecule has 9 nitrogen and oxygen atoms in total. The van der Waals surface area contributed by atoms with Crippen LogP contribution in [0.5, 0.6) is 0 Å². The number of aliphatic hydroxyl groups is 1. The van der Waals surface area contributed by atoms with Crippen LogP contribution in [0.15, 0.2) is 29.3 Å². The first kappa shape index (κ1) is 22.8. The lowest BCUT2D eigenvalue weighted by molar-refractivity contribution is -0.116. The molecule has 1 amide bonds. The van der Waals surface area contributed by atoms with Gasteiger partial charge in [-0.15, -0.1) is 0 Å². The van der Waals surface area contributed by atoms with Gasteiger partial charge in [0.15, 0.2) is 0 Å². The van der Waals surface area contributed by atoms with E-state index in [9.17, 15) is 14.7 Å². The minimum atomic E-state index is -0.886. The summed E-state index contributed by atoms with van der Waals surface area (Å²) in [5, 5.41) is 14.3. The molecular weight excluding hydrogens is 408 g/mol. The summed E-state index contributed by atoms with van der Waals surface area (Å²) in [5.74, 6) is -0.0406. The molecule has 0 aliphatic carbocycles. The second-order valence-electron chi connectivity index (χ2n) is 9.38. The van der Waals surface area contributed by atoms with Crippen LogP contribution in [0.4, 0.5) is 5.69 Å². The number of benzene rings is 1. The van der Waals surface area contributed by atoms with Crippen molar-refractivity contribution in [2.75, 3.05) is 65.2 Å². The van der Waals surface area contributed by atoms with Gasteiger partial charge < -0.3 is 25.1 Å². The number of anilines is 1. The molecule has 0 saturated carbocycles. The number of hydrogen-bond donors (Lipinski definition) is 2. The van der Waals surface area contributed by atoms with E-state index < -0.39 is 5.60 Å². The zero-order chi connectivity index (χ0) is 22.7. The number of piperazine rings is 1. The molecule has 1 aromatic heterocycles. The topological polar surface area (TPSA) is 93.9 Å². The Morgan fingerprint density at radius 3 is 2.50 bits per heavy atom. The van der Waals surface area contributed by atoms with Gasteiger partial charge in [-0.25, -0.2) is 4.98 Å². The predicted octanol–water partition coefficient (Wildman–Crippen LogP) is 0.429. The highest BCUT2D eigenvalue weighted by atomic mass is 16.3. The summed E-state index contributed by atoms with van der Waals surface area (Å²) in [4.78, 5) is 36.5. The number of likely N-dealkylation sites (tertiary alicyclic amines) is 1. The Morgan fingerprint density at radius 2 is 1.78 bits per heavy atom. The van der Waals surface area contributed by atoms with Crippen molar-refractivity contribution in [3.63, 3.8) is 0 Å². The molecule has 2 aliphatic heterocycles. The molecule has 174 valence electrons. The van der Waals surface area contributed by atoms with Crippen molar-refractivity contribution in [3.05, 3.63) is 34.9 Å². The molecule has 0 spiro atoms. The number of carbonyl (C=O) groups is 1. The standard InChI is InChI=1S/C23H34N6O3/c1-26-9-6-23(32,7-10-26)16-29-17-24-20-15-18(3-4-19(20)22(29)31)25-21(30)5-8-28-13-11-27(2)12-14-28/h3-4,15,17,32H,5-14,16H2,1-2H3,(H,25,30). The molecule has 0 bridgehead atoms. The van der Waals surface area contributed by atoms with Crippen molar-refractivity contribution >= 4 is 22.5 Å². The smallest absolute Gasteiger partial charge is 0.261 e. The molecule has 0 atom stereocenters. The number of fused-ring (bicyclic) bond motifs is 1. The second kappa shape index (κ2) is 9.66. The number of piperidine rings is 1. The molecule has 2 N–H and O–H groups in total. The first-order chi connectivity index (χ1) is 15.3. The second-order valence-corrected chi connectivity index (χ2v) is 9.38.